The van der Waals surface area contributed by atoms with Crippen molar-refractivity contribution in [3.8, 4) is 0 Å². The molecule has 0 saturated carbocycles. The number of alkyl halides is 3. The Bertz CT molecular complexity index is 272. The summed E-state index contributed by atoms with van der Waals surface area (Å²) in [6.45, 7) is 2.37. The summed E-state index contributed by atoms with van der Waals surface area (Å²) in [6.07, 6.45) is -4.20. The van der Waals surface area contributed by atoms with Gasteiger partial charge in [-0.25, -0.2) is 0 Å². The first-order valence-electron chi connectivity index (χ1n) is 3.98. The van der Waals surface area contributed by atoms with Crippen molar-refractivity contribution >= 4 is 0 Å². The normalized spacial score (nSPS) is 12.1. The molecule has 0 radical (unpaired) electrons. The van der Waals surface area contributed by atoms with E-state index in [1.165, 1.54) is 26.0 Å². The summed E-state index contributed by atoms with van der Waals surface area (Å²) in [7, 11) is 0. The van der Waals surface area contributed by atoms with Crippen molar-refractivity contribution in [3.05, 3.63) is 35.9 Å². The van der Waals surface area contributed by atoms with Crippen LogP contribution in [0.4, 0.5) is 13.2 Å². The van der Waals surface area contributed by atoms with Crippen LogP contribution in [0.1, 0.15) is 26.8 Å². The predicted molar refractivity (Wildman–Crippen MR) is 52.3 cm³/mol. The van der Waals surface area contributed by atoms with Crippen LogP contribution in [0.2, 0.25) is 0 Å². The molecule has 1 aromatic carbocycles. The van der Waals surface area contributed by atoms with Crippen molar-refractivity contribution < 1.29 is 13.2 Å². The fraction of sp³-hybridized carbons (Fsp3) is 0.455. The highest BCUT2D eigenvalue weighted by molar-refractivity contribution is 5.25. The summed E-state index contributed by atoms with van der Waals surface area (Å²) >= 11 is 0. The lowest BCUT2D eigenvalue weighted by molar-refractivity contribution is -0.180. The van der Waals surface area contributed by atoms with Gasteiger partial charge >= 0.3 is 6.18 Å². The Labute approximate surface area is 82.8 Å². The summed E-state index contributed by atoms with van der Waals surface area (Å²) in [6, 6.07) is 7.92. The molecule has 3 heteroatoms. The molecule has 14 heavy (non-hydrogen) atoms. The lowest BCUT2D eigenvalue weighted by Crippen LogP contribution is -2.36. The summed E-state index contributed by atoms with van der Waals surface area (Å²) in [5.74, 6) is 0. The molecule has 1 rings (SSSR count). The van der Waals surface area contributed by atoms with Crippen LogP contribution < -0.4 is 0 Å². The van der Waals surface area contributed by atoms with Crippen molar-refractivity contribution in [1.29, 1.82) is 0 Å². The highest BCUT2D eigenvalue weighted by Crippen LogP contribution is 2.39. The summed E-state index contributed by atoms with van der Waals surface area (Å²) in [5, 5.41) is 0. The smallest absolute Gasteiger partial charge is 0.170 e. The zero-order valence-corrected chi connectivity index (χ0v) is 7.52. The number of benzene rings is 1. The lowest BCUT2D eigenvalue weighted by atomic mass is 9.84. The standard InChI is InChI=1S/C10H11F3.CH4/c1-9(2,10(11,12)13)8-6-4-3-5-7-8;/h3-7H,1-2H3;1H4. The maximum Gasteiger partial charge on any atom is 0.397 e. The largest absolute Gasteiger partial charge is 0.397 e. The van der Waals surface area contributed by atoms with E-state index in [9.17, 15) is 13.2 Å². The third-order valence-electron chi connectivity index (χ3n) is 2.20. The minimum atomic E-state index is -4.20. The highest BCUT2D eigenvalue weighted by atomic mass is 19.4. The Morgan fingerprint density at radius 2 is 1.36 bits per heavy atom. The van der Waals surface area contributed by atoms with Crippen LogP contribution in [0.3, 0.4) is 0 Å². The number of halogens is 3. The minimum absolute atomic E-state index is 0. The third-order valence-corrected chi connectivity index (χ3v) is 2.20. The zero-order chi connectivity index (χ0) is 10.1. The molecule has 0 saturated heterocycles. The molecule has 0 unspecified atom stereocenters. The van der Waals surface area contributed by atoms with Crippen molar-refractivity contribution in [2.75, 3.05) is 0 Å². The molecular formula is C11H15F3. The van der Waals surface area contributed by atoms with Crippen molar-refractivity contribution in [2.45, 2.75) is 32.9 Å². The zero-order valence-electron chi connectivity index (χ0n) is 7.52. The van der Waals surface area contributed by atoms with Crippen LogP contribution >= 0.6 is 0 Å². The average Bonchev–Trinajstić information content (AvgIpc) is 2.04. The maximum absolute atomic E-state index is 12.5. The van der Waals surface area contributed by atoms with Crippen LogP contribution in [0.15, 0.2) is 30.3 Å². The van der Waals surface area contributed by atoms with E-state index in [2.05, 4.69) is 0 Å². The van der Waals surface area contributed by atoms with Gasteiger partial charge in [0, 0.05) is 0 Å². The van der Waals surface area contributed by atoms with E-state index in [0.29, 0.717) is 5.56 Å². The molecular weight excluding hydrogens is 189 g/mol. The molecule has 0 atom stereocenters. The second-order valence-corrected chi connectivity index (χ2v) is 3.49. The van der Waals surface area contributed by atoms with E-state index in [1.807, 2.05) is 0 Å². The summed E-state index contributed by atoms with van der Waals surface area (Å²) in [4.78, 5) is 0. The summed E-state index contributed by atoms with van der Waals surface area (Å²) in [5.41, 5.74) is -1.48. The van der Waals surface area contributed by atoms with Crippen molar-refractivity contribution in [2.24, 2.45) is 0 Å². The third kappa shape index (κ3) is 2.28. The van der Waals surface area contributed by atoms with Gasteiger partial charge in [0.15, 0.2) is 0 Å². The van der Waals surface area contributed by atoms with E-state index >= 15 is 0 Å². The van der Waals surface area contributed by atoms with Crippen LogP contribution in [-0.4, -0.2) is 6.18 Å². The van der Waals surface area contributed by atoms with Gasteiger partial charge in [-0.05, 0) is 19.4 Å². The predicted octanol–water partition coefficient (Wildman–Crippen LogP) is 4.16. The highest BCUT2D eigenvalue weighted by Gasteiger charge is 2.48. The summed E-state index contributed by atoms with van der Waals surface area (Å²) < 4.78 is 37.6. The fourth-order valence-electron chi connectivity index (χ4n) is 1.02. The topological polar surface area (TPSA) is 0 Å². The second kappa shape index (κ2) is 4.03. The number of hydrogen-bond donors (Lipinski definition) is 0. The first kappa shape index (κ1) is 13.0. The van der Waals surface area contributed by atoms with E-state index in [1.54, 1.807) is 18.2 Å². The molecule has 0 fully saturated rings. The van der Waals surface area contributed by atoms with Gasteiger partial charge in [-0.2, -0.15) is 13.2 Å². The van der Waals surface area contributed by atoms with Gasteiger partial charge in [0.2, 0.25) is 0 Å². The van der Waals surface area contributed by atoms with Gasteiger partial charge < -0.3 is 0 Å². The molecule has 1 aromatic rings. The van der Waals surface area contributed by atoms with Crippen LogP contribution in [-0.2, 0) is 5.41 Å². The molecule has 80 valence electrons. The Balaban J connectivity index is 0.00000169. The molecule has 0 heterocycles. The van der Waals surface area contributed by atoms with Gasteiger partial charge in [-0.15, -0.1) is 0 Å². The van der Waals surface area contributed by atoms with Gasteiger partial charge in [-0.1, -0.05) is 37.8 Å². The molecule has 0 bridgehead atoms. The fourth-order valence-corrected chi connectivity index (χ4v) is 1.02. The average molecular weight is 204 g/mol. The second-order valence-electron chi connectivity index (χ2n) is 3.49. The van der Waals surface area contributed by atoms with Gasteiger partial charge in [-0.3, -0.25) is 0 Å². The number of hydrogen-bond acceptors (Lipinski definition) is 0. The molecule has 0 aliphatic rings. The van der Waals surface area contributed by atoms with Crippen LogP contribution in [0.25, 0.3) is 0 Å². The Morgan fingerprint density at radius 1 is 0.929 bits per heavy atom. The van der Waals surface area contributed by atoms with Crippen LogP contribution in [0.5, 0.6) is 0 Å². The van der Waals surface area contributed by atoms with E-state index < -0.39 is 11.6 Å². The Hall–Kier alpha value is -0.990. The SMILES string of the molecule is C.CC(C)(c1ccccc1)C(F)(F)F. The maximum atomic E-state index is 12.5. The molecule has 0 amide bonds. The van der Waals surface area contributed by atoms with Crippen LogP contribution in [0, 0.1) is 0 Å². The lowest BCUT2D eigenvalue weighted by Gasteiger charge is -2.28. The molecule has 0 nitrogen and oxygen atoms in total. The van der Waals surface area contributed by atoms with Gasteiger partial charge in [0.05, 0.1) is 5.41 Å². The van der Waals surface area contributed by atoms with E-state index in [4.69, 9.17) is 0 Å². The molecule has 0 spiro atoms. The van der Waals surface area contributed by atoms with Crippen molar-refractivity contribution in [3.63, 3.8) is 0 Å². The molecule has 0 aromatic heterocycles. The van der Waals surface area contributed by atoms with E-state index in [0.717, 1.165) is 0 Å². The first-order chi connectivity index (χ1) is 5.86. The Kier molecular flexibility index (Phi) is 3.74. The van der Waals surface area contributed by atoms with Crippen molar-refractivity contribution in [1.82, 2.24) is 0 Å². The van der Waals surface area contributed by atoms with E-state index in [-0.39, 0.29) is 7.43 Å². The Morgan fingerprint density at radius 3 is 1.71 bits per heavy atom. The molecule has 0 aliphatic carbocycles. The molecule has 0 aliphatic heterocycles. The quantitative estimate of drug-likeness (QED) is 0.644. The number of rotatable bonds is 1. The molecule has 0 N–H and O–H groups in total. The van der Waals surface area contributed by atoms with Gasteiger partial charge in [0.25, 0.3) is 0 Å². The monoisotopic (exact) mass is 204 g/mol. The minimum Gasteiger partial charge on any atom is -0.170 e. The first-order valence-corrected chi connectivity index (χ1v) is 3.98. The van der Waals surface area contributed by atoms with Gasteiger partial charge in [0.1, 0.15) is 0 Å².